The molecule has 0 saturated carbocycles. The van der Waals surface area contributed by atoms with Gasteiger partial charge in [-0.05, 0) is 0 Å². The van der Waals surface area contributed by atoms with Crippen molar-refractivity contribution in [3.05, 3.63) is 6.07 Å². The standard InChI is InChI=1S/C3H5N3O/c4-2-1-3(5)7-6-2/h1H,5H2,(H2,4,6). The summed E-state index contributed by atoms with van der Waals surface area (Å²) >= 11 is 0. The quantitative estimate of drug-likeness (QED) is 0.473. The van der Waals surface area contributed by atoms with E-state index in [4.69, 9.17) is 11.5 Å². The molecule has 0 atom stereocenters. The van der Waals surface area contributed by atoms with Crippen molar-refractivity contribution in [1.29, 1.82) is 0 Å². The van der Waals surface area contributed by atoms with Crippen molar-refractivity contribution < 1.29 is 4.52 Å². The molecule has 0 aliphatic heterocycles. The molecule has 0 amide bonds. The molecule has 0 aliphatic rings. The lowest BCUT2D eigenvalue weighted by atomic mass is 10.6. The van der Waals surface area contributed by atoms with Crippen LogP contribution >= 0.6 is 0 Å². The first-order valence-corrected chi connectivity index (χ1v) is 1.77. The topological polar surface area (TPSA) is 78.1 Å². The van der Waals surface area contributed by atoms with Crippen LogP contribution in [0.15, 0.2) is 10.6 Å². The smallest absolute Gasteiger partial charge is 0.224 e. The van der Waals surface area contributed by atoms with Gasteiger partial charge in [-0.2, -0.15) is 0 Å². The highest BCUT2D eigenvalue weighted by Crippen LogP contribution is 2.03. The van der Waals surface area contributed by atoms with E-state index in [1.54, 1.807) is 0 Å². The van der Waals surface area contributed by atoms with Gasteiger partial charge in [-0.3, -0.25) is 0 Å². The molecule has 0 bridgehead atoms. The van der Waals surface area contributed by atoms with E-state index < -0.39 is 0 Å². The molecule has 0 aromatic carbocycles. The lowest BCUT2D eigenvalue weighted by Crippen LogP contribution is -1.80. The molecule has 1 aromatic rings. The van der Waals surface area contributed by atoms with E-state index in [0.29, 0.717) is 5.82 Å². The summed E-state index contributed by atoms with van der Waals surface area (Å²) in [5.74, 6) is 0.565. The van der Waals surface area contributed by atoms with Gasteiger partial charge >= 0.3 is 0 Å². The summed E-state index contributed by atoms with van der Waals surface area (Å²) in [5.41, 5.74) is 10.2. The Morgan fingerprint density at radius 3 is 2.43 bits per heavy atom. The summed E-state index contributed by atoms with van der Waals surface area (Å²) in [6, 6.07) is 1.44. The molecule has 0 fully saturated rings. The second-order valence-electron chi connectivity index (χ2n) is 1.15. The van der Waals surface area contributed by atoms with E-state index in [9.17, 15) is 0 Å². The first-order valence-electron chi connectivity index (χ1n) is 1.77. The predicted molar refractivity (Wildman–Crippen MR) is 25.3 cm³/mol. The maximum absolute atomic E-state index is 5.09. The molecule has 0 radical (unpaired) electrons. The zero-order valence-electron chi connectivity index (χ0n) is 3.59. The largest absolute Gasteiger partial charge is 0.381 e. The fourth-order valence-corrected chi connectivity index (χ4v) is 0.304. The lowest BCUT2D eigenvalue weighted by molar-refractivity contribution is 0.440. The number of anilines is 2. The molecule has 4 heteroatoms. The Morgan fingerprint density at radius 2 is 2.29 bits per heavy atom. The Hall–Kier alpha value is -1.19. The predicted octanol–water partition coefficient (Wildman–Crippen LogP) is -0.161. The molecular weight excluding hydrogens is 94.1 g/mol. The summed E-state index contributed by atoms with van der Waals surface area (Å²) in [6.07, 6.45) is 0. The van der Waals surface area contributed by atoms with Crippen LogP contribution in [-0.4, -0.2) is 5.16 Å². The summed E-state index contributed by atoms with van der Waals surface area (Å²) in [7, 11) is 0. The SMILES string of the molecule is Nc1cc(N)on1. The Morgan fingerprint density at radius 1 is 1.57 bits per heavy atom. The summed E-state index contributed by atoms with van der Waals surface area (Å²) < 4.78 is 4.37. The van der Waals surface area contributed by atoms with Crippen LogP contribution < -0.4 is 11.5 Å². The average molecular weight is 99.1 g/mol. The molecule has 7 heavy (non-hydrogen) atoms. The second kappa shape index (κ2) is 1.14. The fraction of sp³-hybridized carbons (Fsp3) is 0. The van der Waals surface area contributed by atoms with E-state index in [-0.39, 0.29) is 5.88 Å². The lowest BCUT2D eigenvalue weighted by Gasteiger charge is -1.67. The highest BCUT2D eigenvalue weighted by Gasteiger charge is 1.89. The van der Waals surface area contributed by atoms with Gasteiger partial charge in [0.2, 0.25) is 5.88 Å². The molecule has 0 aliphatic carbocycles. The molecule has 4 nitrogen and oxygen atoms in total. The number of aromatic nitrogens is 1. The van der Waals surface area contributed by atoms with Crippen molar-refractivity contribution in [2.24, 2.45) is 0 Å². The van der Waals surface area contributed by atoms with E-state index in [1.807, 2.05) is 0 Å². The van der Waals surface area contributed by atoms with Gasteiger partial charge < -0.3 is 16.0 Å². The van der Waals surface area contributed by atoms with Gasteiger partial charge in [-0.15, -0.1) is 0 Å². The maximum Gasteiger partial charge on any atom is 0.224 e. The summed E-state index contributed by atoms with van der Waals surface area (Å²) in [5, 5.41) is 3.29. The van der Waals surface area contributed by atoms with Gasteiger partial charge in [0.25, 0.3) is 0 Å². The van der Waals surface area contributed by atoms with Crippen LogP contribution in [0, 0.1) is 0 Å². The first-order chi connectivity index (χ1) is 3.29. The molecular formula is C3H5N3O. The van der Waals surface area contributed by atoms with Crippen molar-refractivity contribution in [1.82, 2.24) is 5.16 Å². The molecule has 0 saturated heterocycles. The number of hydrogen-bond donors (Lipinski definition) is 2. The number of hydrogen-bond acceptors (Lipinski definition) is 4. The fourth-order valence-electron chi connectivity index (χ4n) is 0.304. The minimum atomic E-state index is 0.248. The van der Waals surface area contributed by atoms with Crippen LogP contribution in [0.1, 0.15) is 0 Å². The summed E-state index contributed by atoms with van der Waals surface area (Å²) in [4.78, 5) is 0. The third-order valence-corrected chi connectivity index (χ3v) is 0.547. The molecule has 4 N–H and O–H groups in total. The second-order valence-corrected chi connectivity index (χ2v) is 1.15. The zero-order chi connectivity index (χ0) is 5.28. The van der Waals surface area contributed by atoms with Crippen LogP contribution in [0.5, 0.6) is 0 Å². The van der Waals surface area contributed by atoms with E-state index in [0.717, 1.165) is 0 Å². The Kier molecular flexibility index (Phi) is 0.651. The molecule has 1 heterocycles. The highest BCUT2D eigenvalue weighted by atomic mass is 16.5. The van der Waals surface area contributed by atoms with Gasteiger partial charge in [0.1, 0.15) is 0 Å². The zero-order valence-corrected chi connectivity index (χ0v) is 3.59. The molecule has 1 aromatic heterocycles. The molecule has 0 spiro atoms. The Labute approximate surface area is 40.1 Å². The van der Waals surface area contributed by atoms with Crippen LogP contribution in [0.3, 0.4) is 0 Å². The monoisotopic (exact) mass is 99.0 g/mol. The summed E-state index contributed by atoms with van der Waals surface area (Å²) in [6.45, 7) is 0. The van der Waals surface area contributed by atoms with Gasteiger partial charge in [-0.25, -0.2) is 0 Å². The van der Waals surface area contributed by atoms with Crippen LogP contribution in [0.25, 0.3) is 0 Å². The normalized spacial score (nSPS) is 9.14. The minimum absolute atomic E-state index is 0.248. The van der Waals surface area contributed by atoms with Crippen molar-refractivity contribution >= 4 is 11.7 Å². The van der Waals surface area contributed by atoms with Crippen molar-refractivity contribution in [3.63, 3.8) is 0 Å². The average Bonchev–Trinajstić information content (AvgIpc) is 1.87. The number of nitrogen functional groups attached to an aromatic ring is 2. The van der Waals surface area contributed by atoms with Gasteiger partial charge in [-0.1, -0.05) is 5.16 Å². The van der Waals surface area contributed by atoms with Crippen molar-refractivity contribution in [3.8, 4) is 0 Å². The molecule has 0 unspecified atom stereocenters. The van der Waals surface area contributed by atoms with Gasteiger partial charge in [0.05, 0.1) is 0 Å². The maximum atomic E-state index is 5.09. The Bertz CT molecular complexity index is 142. The van der Waals surface area contributed by atoms with Crippen LogP contribution in [-0.2, 0) is 0 Å². The molecule has 1 rings (SSSR count). The van der Waals surface area contributed by atoms with Gasteiger partial charge in [0.15, 0.2) is 5.82 Å². The third-order valence-electron chi connectivity index (χ3n) is 0.547. The van der Waals surface area contributed by atoms with E-state index in [1.165, 1.54) is 6.07 Å². The van der Waals surface area contributed by atoms with Crippen molar-refractivity contribution in [2.45, 2.75) is 0 Å². The van der Waals surface area contributed by atoms with Gasteiger partial charge in [0, 0.05) is 6.07 Å². The number of rotatable bonds is 0. The van der Waals surface area contributed by atoms with Crippen LogP contribution in [0.2, 0.25) is 0 Å². The third kappa shape index (κ3) is 0.623. The Balaban J connectivity index is 3.04. The number of nitrogens with zero attached hydrogens (tertiary/aromatic N) is 1. The number of nitrogens with two attached hydrogens (primary N) is 2. The highest BCUT2D eigenvalue weighted by molar-refractivity contribution is 5.36. The molecule has 38 valence electrons. The van der Waals surface area contributed by atoms with Crippen molar-refractivity contribution in [2.75, 3.05) is 11.5 Å². The minimum Gasteiger partial charge on any atom is -0.381 e. The first kappa shape index (κ1) is 3.98. The van der Waals surface area contributed by atoms with E-state index >= 15 is 0 Å². The van der Waals surface area contributed by atoms with Crippen LogP contribution in [0.4, 0.5) is 11.7 Å². The van der Waals surface area contributed by atoms with E-state index in [2.05, 4.69) is 9.68 Å².